The summed E-state index contributed by atoms with van der Waals surface area (Å²) in [6.45, 7) is 9.23. The van der Waals surface area contributed by atoms with Gasteiger partial charge in [-0.3, -0.25) is 0 Å². The highest BCUT2D eigenvalue weighted by Gasteiger charge is 2.39. The number of rotatable bonds is 8. The van der Waals surface area contributed by atoms with Crippen LogP contribution < -0.4 is 10.6 Å². The van der Waals surface area contributed by atoms with E-state index in [1.807, 2.05) is 0 Å². The molecule has 1 aliphatic rings. The summed E-state index contributed by atoms with van der Waals surface area (Å²) in [6, 6.07) is 22.4. The molecule has 3 rings (SSSR count). The smallest absolute Gasteiger partial charge is 0.0577 e. The molecule has 0 amide bonds. The number of hydrogen-bond donors (Lipinski definition) is 2. The molecule has 2 aromatic rings. The topological polar surface area (TPSA) is 24.1 Å². The zero-order valence-electron chi connectivity index (χ0n) is 17.5. The van der Waals surface area contributed by atoms with Crippen LogP contribution in [0.3, 0.4) is 0 Å². The maximum absolute atomic E-state index is 3.85. The van der Waals surface area contributed by atoms with Crippen molar-refractivity contribution >= 4 is 15.9 Å². The van der Waals surface area contributed by atoms with Gasteiger partial charge in [0.1, 0.15) is 0 Å². The minimum atomic E-state index is 0.238. The summed E-state index contributed by atoms with van der Waals surface area (Å²) >= 11 is 3.75. The van der Waals surface area contributed by atoms with Gasteiger partial charge in [0.25, 0.3) is 0 Å². The second-order valence-electron chi connectivity index (χ2n) is 9.03. The zero-order chi connectivity index (χ0) is 20.0. The van der Waals surface area contributed by atoms with E-state index in [1.165, 1.54) is 24.0 Å². The number of hydrogen-bond acceptors (Lipinski definition) is 2. The SMILES string of the molecule is C[C@@H]1CC(C)(C)C(CBr)C[C@H]1NCCNC(c1ccccc1)c1ccccc1. The number of nitrogens with one attached hydrogen (secondary N) is 2. The largest absolute Gasteiger partial charge is 0.312 e. The molecular formula is C25H35BrN2. The molecule has 152 valence electrons. The van der Waals surface area contributed by atoms with Crippen molar-refractivity contribution in [2.45, 2.75) is 45.7 Å². The molecule has 0 aromatic heterocycles. The lowest BCUT2D eigenvalue weighted by molar-refractivity contribution is 0.0873. The van der Waals surface area contributed by atoms with Gasteiger partial charge in [0.15, 0.2) is 0 Å². The van der Waals surface area contributed by atoms with Gasteiger partial charge in [0.05, 0.1) is 6.04 Å². The van der Waals surface area contributed by atoms with Gasteiger partial charge in [-0.1, -0.05) is 97.4 Å². The fourth-order valence-electron chi connectivity index (χ4n) is 4.75. The van der Waals surface area contributed by atoms with Gasteiger partial charge in [-0.05, 0) is 41.2 Å². The van der Waals surface area contributed by atoms with E-state index in [0.29, 0.717) is 11.5 Å². The molecule has 0 radical (unpaired) electrons. The molecule has 1 fully saturated rings. The Labute approximate surface area is 179 Å². The van der Waals surface area contributed by atoms with Crippen LogP contribution in [0.5, 0.6) is 0 Å². The summed E-state index contributed by atoms with van der Waals surface area (Å²) in [5.41, 5.74) is 3.08. The van der Waals surface area contributed by atoms with Crippen LogP contribution in [-0.2, 0) is 0 Å². The van der Waals surface area contributed by atoms with Crippen molar-refractivity contribution in [1.82, 2.24) is 10.6 Å². The Balaban J connectivity index is 1.56. The zero-order valence-corrected chi connectivity index (χ0v) is 19.1. The van der Waals surface area contributed by atoms with E-state index < -0.39 is 0 Å². The monoisotopic (exact) mass is 442 g/mol. The summed E-state index contributed by atoms with van der Waals surface area (Å²) in [7, 11) is 0. The van der Waals surface area contributed by atoms with Gasteiger partial charge in [0, 0.05) is 24.5 Å². The van der Waals surface area contributed by atoms with E-state index in [-0.39, 0.29) is 6.04 Å². The van der Waals surface area contributed by atoms with Crippen LogP contribution in [0.15, 0.2) is 60.7 Å². The van der Waals surface area contributed by atoms with Gasteiger partial charge in [0.2, 0.25) is 0 Å². The average Bonchev–Trinajstić information content (AvgIpc) is 2.70. The van der Waals surface area contributed by atoms with Crippen LogP contribution in [0.25, 0.3) is 0 Å². The van der Waals surface area contributed by atoms with Crippen molar-refractivity contribution in [1.29, 1.82) is 0 Å². The number of alkyl halides is 1. The highest BCUT2D eigenvalue weighted by molar-refractivity contribution is 9.09. The standard InChI is InChI=1S/C25H35BrN2/c1-19-17-25(2,3)22(18-26)16-23(19)27-14-15-28-24(20-10-6-4-7-11-20)21-12-8-5-9-13-21/h4-13,19,22-24,27-28H,14-18H2,1-3H3/t19-,22?,23-/m1/s1. The summed E-state index contributed by atoms with van der Waals surface area (Å²) in [6.07, 6.45) is 2.56. The summed E-state index contributed by atoms with van der Waals surface area (Å²) in [5, 5.41) is 8.73. The van der Waals surface area contributed by atoms with Gasteiger partial charge >= 0.3 is 0 Å². The summed E-state index contributed by atoms with van der Waals surface area (Å²) < 4.78 is 0. The molecule has 2 N–H and O–H groups in total. The fraction of sp³-hybridized carbons (Fsp3) is 0.520. The Bertz CT molecular complexity index is 662. The maximum Gasteiger partial charge on any atom is 0.0577 e. The first kappa shape index (κ1) is 21.5. The van der Waals surface area contributed by atoms with Crippen molar-refractivity contribution in [2.75, 3.05) is 18.4 Å². The van der Waals surface area contributed by atoms with E-state index >= 15 is 0 Å². The van der Waals surface area contributed by atoms with Crippen LogP contribution in [-0.4, -0.2) is 24.5 Å². The minimum absolute atomic E-state index is 0.238. The second kappa shape index (κ2) is 10.0. The molecule has 2 aromatic carbocycles. The van der Waals surface area contributed by atoms with Crippen LogP contribution in [0.4, 0.5) is 0 Å². The van der Waals surface area contributed by atoms with Crippen LogP contribution in [0.1, 0.15) is 50.8 Å². The molecule has 0 aliphatic heterocycles. The van der Waals surface area contributed by atoms with Crippen molar-refractivity contribution in [3.8, 4) is 0 Å². The summed E-state index contributed by atoms with van der Waals surface area (Å²) in [5.74, 6) is 1.47. The number of benzene rings is 2. The van der Waals surface area contributed by atoms with E-state index in [2.05, 4.69) is 108 Å². The van der Waals surface area contributed by atoms with Crippen molar-refractivity contribution < 1.29 is 0 Å². The molecule has 0 spiro atoms. The molecule has 1 unspecified atom stereocenters. The molecule has 0 heterocycles. The molecule has 3 atom stereocenters. The predicted molar refractivity (Wildman–Crippen MR) is 124 cm³/mol. The Kier molecular flexibility index (Phi) is 7.73. The third kappa shape index (κ3) is 5.46. The van der Waals surface area contributed by atoms with Crippen molar-refractivity contribution in [3.63, 3.8) is 0 Å². The highest BCUT2D eigenvalue weighted by Crippen LogP contribution is 2.44. The van der Waals surface area contributed by atoms with Gasteiger partial charge in [-0.15, -0.1) is 0 Å². The minimum Gasteiger partial charge on any atom is -0.312 e. The van der Waals surface area contributed by atoms with Crippen LogP contribution in [0, 0.1) is 17.3 Å². The molecule has 1 saturated carbocycles. The molecule has 0 bridgehead atoms. The number of halogens is 1. The Morgan fingerprint density at radius 1 is 0.964 bits per heavy atom. The highest BCUT2D eigenvalue weighted by atomic mass is 79.9. The summed E-state index contributed by atoms with van der Waals surface area (Å²) in [4.78, 5) is 0. The third-order valence-corrected chi connectivity index (χ3v) is 7.29. The third-order valence-electron chi connectivity index (χ3n) is 6.51. The van der Waals surface area contributed by atoms with Crippen LogP contribution >= 0.6 is 15.9 Å². The quantitative estimate of drug-likeness (QED) is 0.399. The lowest BCUT2D eigenvalue weighted by atomic mass is 9.64. The van der Waals surface area contributed by atoms with E-state index in [9.17, 15) is 0 Å². The van der Waals surface area contributed by atoms with Crippen molar-refractivity contribution in [3.05, 3.63) is 71.8 Å². The molecule has 0 saturated heterocycles. The van der Waals surface area contributed by atoms with Gasteiger partial charge < -0.3 is 10.6 Å². The Morgan fingerprint density at radius 3 is 2.07 bits per heavy atom. The first-order valence-electron chi connectivity index (χ1n) is 10.6. The molecule has 3 heteroatoms. The maximum atomic E-state index is 3.85. The Morgan fingerprint density at radius 2 is 1.54 bits per heavy atom. The molecular weight excluding hydrogens is 408 g/mol. The van der Waals surface area contributed by atoms with E-state index in [0.717, 1.165) is 30.3 Å². The average molecular weight is 443 g/mol. The van der Waals surface area contributed by atoms with E-state index in [4.69, 9.17) is 0 Å². The first-order valence-corrected chi connectivity index (χ1v) is 11.8. The van der Waals surface area contributed by atoms with Crippen molar-refractivity contribution in [2.24, 2.45) is 17.3 Å². The van der Waals surface area contributed by atoms with Gasteiger partial charge in [-0.2, -0.15) is 0 Å². The lowest BCUT2D eigenvalue weighted by Gasteiger charge is -2.45. The lowest BCUT2D eigenvalue weighted by Crippen LogP contribution is -2.48. The van der Waals surface area contributed by atoms with Gasteiger partial charge in [-0.25, -0.2) is 0 Å². The fourth-order valence-corrected chi connectivity index (χ4v) is 5.89. The first-order chi connectivity index (χ1) is 13.5. The normalized spacial score (nSPS) is 24.4. The second-order valence-corrected chi connectivity index (χ2v) is 9.67. The predicted octanol–water partition coefficient (Wildman–Crippen LogP) is 5.79. The van der Waals surface area contributed by atoms with E-state index in [1.54, 1.807) is 0 Å². The van der Waals surface area contributed by atoms with Crippen LogP contribution in [0.2, 0.25) is 0 Å². The molecule has 28 heavy (non-hydrogen) atoms. The molecule has 2 nitrogen and oxygen atoms in total. The Hall–Kier alpha value is -1.16. The molecule has 1 aliphatic carbocycles.